The van der Waals surface area contributed by atoms with Gasteiger partial charge in [-0.25, -0.2) is 21.9 Å². The van der Waals surface area contributed by atoms with Gasteiger partial charge in [0.15, 0.2) is 10.0 Å². The van der Waals surface area contributed by atoms with Gasteiger partial charge in [0.2, 0.25) is 15.9 Å². The number of carbonyl (C=O) groups is 1. The Labute approximate surface area is 224 Å². The largest absolute Gasteiger partial charge is 0.366 e. The first kappa shape index (κ1) is 26.9. The number of halogens is 2. The second kappa shape index (κ2) is 9.49. The van der Waals surface area contributed by atoms with Gasteiger partial charge in [0, 0.05) is 49.6 Å². The van der Waals surface area contributed by atoms with E-state index in [1.165, 1.54) is 6.07 Å². The molecule has 1 aliphatic heterocycles. The molecule has 0 bridgehead atoms. The van der Waals surface area contributed by atoms with Crippen molar-refractivity contribution in [2.75, 3.05) is 24.5 Å². The maximum Gasteiger partial charge on any atom is 0.291 e. The van der Waals surface area contributed by atoms with Gasteiger partial charge in [0.1, 0.15) is 5.69 Å². The third-order valence-electron chi connectivity index (χ3n) is 7.16. The van der Waals surface area contributed by atoms with Gasteiger partial charge in [-0.05, 0) is 38.8 Å². The number of anilines is 1. The number of nitrogens with one attached hydrogen (secondary N) is 1. The van der Waals surface area contributed by atoms with E-state index in [0.717, 1.165) is 24.2 Å². The van der Waals surface area contributed by atoms with Crippen molar-refractivity contribution in [2.45, 2.75) is 63.4 Å². The zero-order valence-electron chi connectivity index (χ0n) is 21.9. The molecule has 1 amide bonds. The summed E-state index contributed by atoms with van der Waals surface area (Å²) in [6, 6.07) is 3.07. The number of carbonyl (C=O) groups excluding carboxylic acids is 1. The van der Waals surface area contributed by atoms with Crippen LogP contribution in [0.4, 0.5) is 14.5 Å². The van der Waals surface area contributed by atoms with Crippen molar-refractivity contribution in [1.82, 2.24) is 29.6 Å². The summed E-state index contributed by atoms with van der Waals surface area (Å²) in [5.74, 6) is -0.0434. The van der Waals surface area contributed by atoms with E-state index in [1.54, 1.807) is 17.8 Å². The van der Waals surface area contributed by atoms with Crippen molar-refractivity contribution >= 4 is 43.9 Å². The molecular formula is C24H31F2N7O3S2. The maximum atomic E-state index is 13.5. The second-order valence-corrected chi connectivity index (χ2v) is 13.4. The molecule has 2 aromatic heterocycles. The molecule has 14 heteroatoms. The van der Waals surface area contributed by atoms with Crippen molar-refractivity contribution in [3.8, 4) is 10.7 Å². The quantitative estimate of drug-likeness (QED) is 0.465. The topological polar surface area (TPSA) is 113 Å². The average molecular weight is 568 g/mol. The molecule has 0 radical (unpaired) electrons. The van der Waals surface area contributed by atoms with Gasteiger partial charge < -0.3 is 9.80 Å². The van der Waals surface area contributed by atoms with E-state index >= 15 is 0 Å². The number of amides is 1. The molecule has 1 aliphatic carbocycles. The van der Waals surface area contributed by atoms with Crippen LogP contribution in [0.15, 0.2) is 17.0 Å². The highest BCUT2D eigenvalue weighted by Crippen LogP contribution is 2.40. The summed E-state index contributed by atoms with van der Waals surface area (Å²) in [5, 5.41) is 12.3. The molecule has 38 heavy (non-hydrogen) atoms. The van der Waals surface area contributed by atoms with Crippen molar-refractivity contribution in [3.05, 3.63) is 17.1 Å². The molecule has 206 valence electrons. The number of fused-ring (bicyclic) bond motifs is 1. The molecule has 2 fully saturated rings. The van der Waals surface area contributed by atoms with Gasteiger partial charge in [0.25, 0.3) is 6.43 Å². The molecule has 3 aromatic rings. The van der Waals surface area contributed by atoms with Crippen LogP contribution in [0.25, 0.3) is 21.6 Å². The second-order valence-electron chi connectivity index (χ2n) is 10.7. The number of aromatic nitrogens is 4. The number of nitrogens with zero attached hydrogens (tertiary/aromatic N) is 6. The fourth-order valence-electron chi connectivity index (χ4n) is 4.85. The smallest absolute Gasteiger partial charge is 0.291 e. The summed E-state index contributed by atoms with van der Waals surface area (Å²) in [6.07, 6.45) is -1.26. The molecule has 1 aromatic carbocycles. The zero-order chi connectivity index (χ0) is 27.6. The van der Waals surface area contributed by atoms with Crippen molar-refractivity contribution in [1.29, 1.82) is 0 Å². The number of rotatable bonds is 7. The first-order chi connectivity index (χ1) is 17.8. The Kier molecular flexibility index (Phi) is 6.71. The molecule has 2 aliphatic rings. The Balaban J connectivity index is 1.63. The lowest BCUT2D eigenvalue weighted by molar-refractivity contribution is -0.136. The van der Waals surface area contributed by atoms with Crippen LogP contribution >= 0.6 is 11.3 Å². The fraction of sp³-hybridized carbons (Fsp3) is 0.583. The van der Waals surface area contributed by atoms with Crippen LogP contribution in [-0.2, 0) is 21.9 Å². The minimum absolute atomic E-state index is 0.0642. The van der Waals surface area contributed by atoms with Gasteiger partial charge in [-0.15, -0.1) is 10.2 Å². The minimum Gasteiger partial charge on any atom is -0.366 e. The summed E-state index contributed by atoms with van der Waals surface area (Å²) < 4.78 is 57.8. The molecular weight excluding hydrogens is 536 g/mol. The van der Waals surface area contributed by atoms with Crippen LogP contribution in [-0.4, -0.2) is 70.4 Å². The van der Waals surface area contributed by atoms with E-state index < -0.39 is 27.0 Å². The third-order valence-corrected chi connectivity index (χ3v) is 9.71. The summed E-state index contributed by atoms with van der Waals surface area (Å²) in [5.41, 5.74) is 1.12. The van der Waals surface area contributed by atoms with Gasteiger partial charge in [-0.1, -0.05) is 25.2 Å². The standard InChI is InChI=1S/C24H31F2N7O3S2/c1-13(2)23(34)33-9-8-32(12-14(33)3)17-11-15(38(35,36)30-24(4)6-7-24)10-16-18(29-31(5)19(16)17)21-27-28-22(37-21)20(25)26/h10-11,13-14,20,30H,6-9,12H2,1-5H3/t14-/m0/s1. The Morgan fingerprint density at radius 3 is 2.50 bits per heavy atom. The molecule has 5 rings (SSSR count). The molecule has 10 nitrogen and oxygen atoms in total. The molecule has 3 heterocycles. The predicted molar refractivity (Wildman–Crippen MR) is 141 cm³/mol. The van der Waals surface area contributed by atoms with E-state index in [1.807, 2.05) is 32.6 Å². The SMILES string of the molecule is CC(C)C(=O)N1CCN(c2cc(S(=O)(=O)NC3(C)CC3)cc3c(-c4nnc(C(F)F)s4)nn(C)c23)C[C@@H]1C. The molecule has 0 unspecified atom stereocenters. The summed E-state index contributed by atoms with van der Waals surface area (Å²) in [6.45, 7) is 9.07. The minimum atomic E-state index is -3.89. The number of aryl methyl sites for hydroxylation is 1. The van der Waals surface area contributed by atoms with Crippen molar-refractivity contribution < 1.29 is 22.0 Å². The number of piperazine rings is 1. The van der Waals surface area contributed by atoms with E-state index in [-0.39, 0.29) is 27.8 Å². The molecule has 1 atom stereocenters. The zero-order valence-corrected chi connectivity index (χ0v) is 23.5. The van der Waals surface area contributed by atoms with E-state index in [9.17, 15) is 22.0 Å². The van der Waals surface area contributed by atoms with E-state index in [4.69, 9.17) is 0 Å². The Morgan fingerprint density at radius 2 is 1.92 bits per heavy atom. The molecule has 1 saturated heterocycles. The monoisotopic (exact) mass is 567 g/mol. The van der Waals surface area contributed by atoms with Crippen LogP contribution in [0.3, 0.4) is 0 Å². The number of benzene rings is 1. The summed E-state index contributed by atoms with van der Waals surface area (Å²) in [4.78, 5) is 16.7. The number of hydrogen-bond donors (Lipinski definition) is 1. The lowest BCUT2D eigenvalue weighted by atomic mass is 10.1. The first-order valence-corrected chi connectivity index (χ1v) is 14.8. The summed E-state index contributed by atoms with van der Waals surface area (Å²) in [7, 11) is -2.16. The van der Waals surface area contributed by atoms with Crippen LogP contribution in [0.1, 0.15) is 52.0 Å². The normalized spacial score (nSPS) is 19.7. The van der Waals surface area contributed by atoms with Crippen LogP contribution < -0.4 is 9.62 Å². The van der Waals surface area contributed by atoms with Gasteiger partial charge in [0.05, 0.1) is 16.1 Å². The van der Waals surface area contributed by atoms with E-state index in [0.29, 0.717) is 41.9 Å². The van der Waals surface area contributed by atoms with Gasteiger partial charge in [-0.2, -0.15) is 5.10 Å². The van der Waals surface area contributed by atoms with Crippen molar-refractivity contribution in [3.63, 3.8) is 0 Å². The summed E-state index contributed by atoms with van der Waals surface area (Å²) >= 11 is 0.733. The van der Waals surface area contributed by atoms with Gasteiger partial charge in [-0.3, -0.25) is 9.48 Å². The highest BCUT2D eigenvalue weighted by atomic mass is 32.2. The number of hydrogen-bond acceptors (Lipinski definition) is 8. The Hall–Kier alpha value is -2.71. The van der Waals surface area contributed by atoms with Crippen molar-refractivity contribution in [2.24, 2.45) is 13.0 Å². The highest BCUT2D eigenvalue weighted by molar-refractivity contribution is 7.89. The highest BCUT2D eigenvalue weighted by Gasteiger charge is 2.42. The Morgan fingerprint density at radius 1 is 1.21 bits per heavy atom. The van der Waals surface area contributed by atoms with E-state index in [2.05, 4.69) is 24.9 Å². The first-order valence-electron chi connectivity index (χ1n) is 12.5. The fourth-order valence-corrected chi connectivity index (χ4v) is 7.06. The van der Waals surface area contributed by atoms with Crippen LogP contribution in [0.5, 0.6) is 0 Å². The molecule has 1 saturated carbocycles. The predicted octanol–water partition coefficient (Wildman–Crippen LogP) is 3.55. The number of alkyl halides is 2. The molecule has 1 N–H and O–H groups in total. The van der Waals surface area contributed by atoms with Crippen LogP contribution in [0, 0.1) is 5.92 Å². The van der Waals surface area contributed by atoms with Crippen LogP contribution in [0.2, 0.25) is 0 Å². The van der Waals surface area contributed by atoms with Gasteiger partial charge >= 0.3 is 0 Å². The third kappa shape index (κ3) is 4.89. The molecule has 0 spiro atoms. The lowest BCUT2D eigenvalue weighted by Gasteiger charge is -2.42. The lowest BCUT2D eigenvalue weighted by Crippen LogP contribution is -2.55. The average Bonchev–Trinajstić information content (AvgIpc) is 3.23. The number of sulfonamides is 1. The maximum absolute atomic E-state index is 13.5. The Bertz CT molecular complexity index is 1500.